The zero-order valence-electron chi connectivity index (χ0n) is 10.9. The number of thiophene rings is 1. The fourth-order valence-corrected chi connectivity index (χ4v) is 2.49. The summed E-state index contributed by atoms with van der Waals surface area (Å²) in [6, 6.07) is 4.14. The van der Waals surface area contributed by atoms with Gasteiger partial charge in [0.1, 0.15) is 11.5 Å². The molecule has 0 aliphatic rings. The Bertz CT molecular complexity index is 524. The number of nitrogens with one attached hydrogen (secondary N) is 2. The maximum absolute atomic E-state index is 12.0. The molecule has 6 heteroatoms. The van der Waals surface area contributed by atoms with E-state index >= 15 is 0 Å². The van der Waals surface area contributed by atoms with Crippen LogP contribution in [0.4, 0.5) is 5.82 Å². The van der Waals surface area contributed by atoms with Crippen molar-refractivity contribution in [3.05, 3.63) is 40.5 Å². The Balaban J connectivity index is 1.92. The molecule has 2 rings (SSSR count). The van der Waals surface area contributed by atoms with Gasteiger partial charge < -0.3 is 10.6 Å². The molecule has 0 aliphatic heterocycles. The van der Waals surface area contributed by atoms with E-state index in [9.17, 15) is 4.79 Å². The third-order valence-corrected chi connectivity index (χ3v) is 3.50. The lowest BCUT2D eigenvalue weighted by atomic mass is 10.2. The van der Waals surface area contributed by atoms with Crippen LogP contribution in [0.15, 0.2) is 29.9 Å². The van der Waals surface area contributed by atoms with Crippen LogP contribution in [0, 0.1) is 0 Å². The first-order valence-corrected chi connectivity index (χ1v) is 6.90. The molecule has 5 nitrogen and oxygen atoms in total. The molecule has 0 fully saturated rings. The number of rotatable bonds is 5. The summed E-state index contributed by atoms with van der Waals surface area (Å²) >= 11 is 1.69. The van der Waals surface area contributed by atoms with Crippen LogP contribution in [-0.2, 0) is 6.42 Å². The van der Waals surface area contributed by atoms with E-state index in [1.54, 1.807) is 24.6 Å². The molecule has 2 aromatic heterocycles. The standard InChI is InChI=1S/C13H16N4OS/c1-9(6-10-4-3-5-19-10)17-13(18)11-7-16-12(14-2)8-15-11/h3-5,7-9H,6H2,1-2H3,(H,14,16)(H,17,18). The van der Waals surface area contributed by atoms with Gasteiger partial charge >= 0.3 is 0 Å². The van der Waals surface area contributed by atoms with Gasteiger partial charge in [-0.3, -0.25) is 4.79 Å². The quantitative estimate of drug-likeness (QED) is 0.876. The Morgan fingerprint density at radius 1 is 1.42 bits per heavy atom. The van der Waals surface area contributed by atoms with E-state index in [0.29, 0.717) is 11.5 Å². The summed E-state index contributed by atoms with van der Waals surface area (Å²) in [6.07, 6.45) is 3.84. The second-order valence-electron chi connectivity index (χ2n) is 4.19. The number of carbonyl (C=O) groups excluding carboxylic acids is 1. The number of amides is 1. The number of nitrogens with zero attached hydrogens (tertiary/aromatic N) is 2. The van der Waals surface area contributed by atoms with E-state index in [1.165, 1.54) is 11.1 Å². The lowest BCUT2D eigenvalue weighted by molar-refractivity contribution is 0.0935. The maximum Gasteiger partial charge on any atom is 0.271 e. The Labute approximate surface area is 116 Å². The molecule has 2 aromatic rings. The van der Waals surface area contributed by atoms with Crippen LogP contribution in [0.3, 0.4) is 0 Å². The van der Waals surface area contributed by atoms with Crippen molar-refractivity contribution < 1.29 is 4.79 Å². The first-order valence-electron chi connectivity index (χ1n) is 6.02. The average Bonchev–Trinajstić information content (AvgIpc) is 2.91. The van der Waals surface area contributed by atoms with Gasteiger partial charge in [0.2, 0.25) is 0 Å². The molecule has 0 bridgehead atoms. The Kier molecular flexibility index (Phi) is 4.46. The lowest BCUT2D eigenvalue weighted by Crippen LogP contribution is -2.34. The summed E-state index contributed by atoms with van der Waals surface area (Å²) in [5.41, 5.74) is 0.331. The molecule has 19 heavy (non-hydrogen) atoms. The summed E-state index contributed by atoms with van der Waals surface area (Å²) < 4.78 is 0. The van der Waals surface area contributed by atoms with Gasteiger partial charge in [0.05, 0.1) is 12.4 Å². The van der Waals surface area contributed by atoms with Crippen molar-refractivity contribution >= 4 is 23.1 Å². The number of carbonyl (C=O) groups is 1. The zero-order chi connectivity index (χ0) is 13.7. The van der Waals surface area contributed by atoms with Gasteiger partial charge in [-0.15, -0.1) is 11.3 Å². The molecule has 2 N–H and O–H groups in total. The molecule has 0 spiro atoms. The van der Waals surface area contributed by atoms with Gasteiger partial charge in [-0.25, -0.2) is 9.97 Å². The molecule has 2 heterocycles. The summed E-state index contributed by atoms with van der Waals surface area (Å²) in [5, 5.41) is 7.81. The van der Waals surface area contributed by atoms with Crippen molar-refractivity contribution in [3.63, 3.8) is 0 Å². The highest BCUT2D eigenvalue weighted by Crippen LogP contribution is 2.11. The van der Waals surface area contributed by atoms with Crippen LogP contribution in [0.5, 0.6) is 0 Å². The fourth-order valence-electron chi connectivity index (χ4n) is 1.65. The summed E-state index contributed by atoms with van der Waals surface area (Å²) in [4.78, 5) is 21.3. The van der Waals surface area contributed by atoms with Crippen molar-refractivity contribution in [2.75, 3.05) is 12.4 Å². The Morgan fingerprint density at radius 3 is 2.84 bits per heavy atom. The predicted molar refractivity (Wildman–Crippen MR) is 76.5 cm³/mol. The van der Waals surface area contributed by atoms with E-state index in [-0.39, 0.29) is 11.9 Å². The molecule has 1 amide bonds. The predicted octanol–water partition coefficient (Wildman–Crippen LogP) is 1.94. The van der Waals surface area contributed by atoms with E-state index < -0.39 is 0 Å². The molecule has 0 aliphatic carbocycles. The number of aromatic nitrogens is 2. The molecule has 0 radical (unpaired) electrons. The summed E-state index contributed by atoms with van der Waals surface area (Å²) in [5.74, 6) is 0.447. The molecule has 1 atom stereocenters. The van der Waals surface area contributed by atoms with Gasteiger partial charge in [-0.2, -0.15) is 0 Å². The molecular weight excluding hydrogens is 260 g/mol. The molecule has 0 saturated heterocycles. The zero-order valence-corrected chi connectivity index (χ0v) is 11.7. The van der Waals surface area contributed by atoms with Crippen molar-refractivity contribution in [2.45, 2.75) is 19.4 Å². The average molecular weight is 276 g/mol. The number of hydrogen-bond acceptors (Lipinski definition) is 5. The van der Waals surface area contributed by atoms with Crippen LogP contribution in [0.2, 0.25) is 0 Å². The van der Waals surface area contributed by atoms with Gasteiger partial charge in [-0.1, -0.05) is 6.07 Å². The highest BCUT2D eigenvalue weighted by molar-refractivity contribution is 7.09. The normalized spacial score (nSPS) is 11.9. The molecule has 100 valence electrons. The van der Waals surface area contributed by atoms with Crippen molar-refractivity contribution in [1.29, 1.82) is 0 Å². The van der Waals surface area contributed by atoms with Crippen molar-refractivity contribution in [1.82, 2.24) is 15.3 Å². The number of hydrogen-bond donors (Lipinski definition) is 2. The second kappa shape index (κ2) is 6.29. The second-order valence-corrected chi connectivity index (χ2v) is 5.23. The van der Waals surface area contributed by atoms with Gasteiger partial charge in [0.25, 0.3) is 5.91 Å². The lowest BCUT2D eigenvalue weighted by Gasteiger charge is -2.12. The van der Waals surface area contributed by atoms with Crippen LogP contribution in [0.25, 0.3) is 0 Å². The van der Waals surface area contributed by atoms with Gasteiger partial charge in [-0.05, 0) is 18.4 Å². The Morgan fingerprint density at radius 2 is 2.26 bits per heavy atom. The van der Waals surface area contributed by atoms with E-state index in [4.69, 9.17) is 0 Å². The topological polar surface area (TPSA) is 66.9 Å². The van der Waals surface area contributed by atoms with Crippen molar-refractivity contribution in [3.8, 4) is 0 Å². The molecule has 0 aromatic carbocycles. The van der Waals surface area contributed by atoms with E-state index in [0.717, 1.165) is 6.42 Å². The SMILES string of the molecule is CNc1cnc(C(=O)NC(C)Cc2cccs2)cn1. The van der Waals surface area contributed by atoms with Gasteiger partial charge in [0, 0.05) is 24.4 Å². The molecule has 0 saturated carbocycles. The van der Waals surface area contributed by atoms with Crippen LogP contribution in [-0.4, -0.2) is 29.0 Å². The van der Waals surface area contributed by atoms with Gasteiger partial charge in [0.15, 0.2) is 0 Å². The van der Waals surface area contributed by atoms with Crippen LogP contribution in [0.1, 0.15) is 22.3 Å². The minimum Gasteiger partial charge on any atom is -0.372 e. The van der Waals surface area contributed by atoms with E-state index in [1.807, 2.05) is 18.4 Å². The minimum atomic E-state index is -0.195. The highest BCUT2D eigenvalue weighted by Gasteiger charge is 2.12. The molecular formula is C13H16N4OS. The minimum absolute atomic E-state index is 0.0666. The van der Waals surface area contributed by atoms with E-state index in [2.05, 4.69) is 26.7 Å². The number of anilines is 1. The first kappa shape index (κ1) is 13.5. The third-order valence-electron chi connectivity index (χ3n) is 2.61. The third kappa shape index (κ3) is 3.75. The summed E-state index contributed by atoms with van der Waals surface area (Å²) in [7, 11) is 1.76. The monoisotopic (exact) mass is 276 g/mol. The molecule has 1 unspecified atom stereocenters. The van der Waals surface area contributed by atoms with Crippen LogP contribution < -0.4 is 10.6 Å². The fraction of sp³-hybridized carbons (Fsp3) is 0.308. The largest absolute Gasteiger partial charge is 0.372 e. The van der Waals surface area contributed by atoms with Crippen molar-refractivity contribution in [2.24, 2.45) is 0 Å². The smallest absolute Gasteiger partial charge is 0.271 e. The first-order chi connectivity index (χ1) is 9.19. The maximum atomic E-state index is 12.0. The Hall–Kier alpha value is -1.95. The van der Waals surface area contributed by atoms with Crippen LogP contribution >= 0.6 is 11.3 Å². The summed E-state index contributed by atoms with van der Waals surface area (Å²) in [6.45, 7) is 1.98. The highest BCUT2D eigenvalue weighted by atomic mass is 32.1.